The second-order valence-corrected chi connectivity index (χ2v) is 4.87. The summed E-state index contributed by atoms with van der Waals surface area (Å²) in [5.41, 5.74) is 2.27. The van der Waals surface area contributed by atoms with Gasteiger partial charge in [-0.1, -0.05) is 18.2 Å². The largest absolute Gasteiger partial charge is 0.315 e. The van der Waals surface area contributed by atoms with E-state index in [2.05, 4.69) is 43.4 Å². The van der Waals surface area contributed by atoms with Gasteiger partial charge in [-0.15, -0.1) is 5.10 Å². The summed E-state index contributed by atoms with van der Waals surface area (Å²) >= 11 is 0. The van der Waals surface area contributed by atoms with Crippen LogP contribution in [0.1, 0.15) is 18.4 Å². The van der Waals surface area contributed by atoms with Crippen LogP contribution in [0.25, 0.3) is 11.4 Å². The molecule has 1 aromatic heterocycles. The minimum absolute atomic E-state index is 0.573. The maximum atomic E-state index is 3.93. The Morgan fingerprint density at radius 2 is 2.37 bits per heavy atom. The topological polar surface area (TPSA) is 78.5 Å². The minimum Gasteiger partial charge on any atom is -0.315 e. The molecule has 3 N–H and O–H groups in total. The van der Waals surface area contributed by atoms with E-state index in [0.29, 0.717) is 11.9 Å². The third kappa shape index (κ3) is 3.15. The summed E-state index contributed by atoms with van der Waals surface area (Å²) in [6.07, 6.45) is 2.50. The molecule has 100 valence electrons. The molecule has 2 heterocycles. The molecular weight excluding hydrogens is 240 g/mol. The smallest absolute Gasteiger partial charge is 0.179 e. The van der Waals surface area contributed by atoms with Crippen LogP contribution >= 0.6 is 0 Å². The maximum Gasteiger partial charge on any atom is 0.179 e. The standard InChI is InChI=1S/C13H18N6/c1-3-10(8-15-12-5-2-6-14-9-12)7-11(4-1)13-16-18-19-17-13/h1,3-4,7,12,14-15H,2,5-6,8-9H2,(H,16,17,18,19). The Bertz CT molecular complexity index is 504. The molecule has 6 nitrogen and oxygen atoms in total. The van der Waals surface area contributed by atoms with Gasteiger partial charge in [0.25, 0.3) is 0 Å². The predicted molar refractivity (Wildman–Crippen MR) is 72.3 cm³/mol. The number of rotatable bonds is 4. The zero-order chi connectivity index (χ0) is 12.9. The molecule has 0 radical (unpaired) electrons. The van der Waals surface area contributed by atoms with E-state index in [1.807, 2.05) is 12.1 Å². The number of aromatic amines is 1. The highest BCUT2D eigenvalue weighted by Gasteiger charge is 2.12. The summed E-state index contributed by atoms with van der Waals surface area (Å²) < 4.78 is 0. The van der Waals surface area contributed by atoms with E-state index in [1.54, 1.807) is 0 Å². The number of nitrogens with zero attached hydrogens (tertiary/aromatic N) is 3. The van der Waals surface area contributed by atoms with E-state index in [-0.39, 0.29) is 0 Å². The molecular formula is C13H18N6. The van der Waals surface area contributed by atoms with Crippen molar-refractivity contribution in [1.29, 1.82) is 0 Å². The first-order valence-corrected chi connectivity index (χ1v) is 6.69. The number of tetrazole rings is 1. The molecule has 1 fully saturated rings. The third-order valence-corrected chi connectivity index (χ3v) is 3.44. The maximum absolute atomic E-state index is 3.93. The van der Waals surface area contributed by atoms with E-state index >= 15 is 0 Å². The van der Waals surface area contributed by atoms with Crippen molar-refractivity contribution in [3.8, 4) is 11.4 Å². The van der Waals surface area contributed by atoms with Crippen molar-refractivity contribution in [3.05, 3.63) is 29.8 Å². The normalized spacial score (nSPS) is 19.5. The molecule has 1 atom stereocenters. The lowest BCUT2D eigenvalue weighted by atomic mass is 10.1. The highest BCUT2D eigenvalue weighted by Crippen LogP contribution is 2.15. The molecule has 3 rings (SSSR count). The van der Waals surface area contributed by atoms with Crippen molar-refractivity contribution < 1.29 is 0 Å². The fourth-order valence-electron chi connectivity index (χ4n) is 2.40. The Morgan fingerprint density at radius 1 is 1.37 bits per heavy atom. The number of H-pyrrole nitrogens is 1. The van der Waals surface area contributed by atoms with Crippen LogP contribution in [-0.2, 0) is 6.54 Å². The first-order valence-electron chi connectivity index (χ1n) is 6.69. The molecule has 0 spiro atoms. The Kier molecular flexibility index (Phi) is 3.81. The van der Waals surface area contributed by atoms with Gasteiger partial charge in [0.05, 0.1) is 0 Å². The number of nitrogens with one attached hydrogen (secondary N) is 3. The van der Waals surface area contributed by atoms with Crippen LogP contribution in [0.15, 0.2) is 24.3 Å². The summed E-state index contributed by atoms with van der Waals surface area (Å²) in [5, 5.41) is 20.9. The highest BCUT2D eigenvalue weighted by atomic mass is 15.5. The number of hydrogen-bond donors (Lipinski definition) is 3. The van der Waals surface area contributed by atoms with Gasteiger partial charge in [-0.25, -0.2) is 5.10 Å². The highest BCUT2D eigenvalue weighted by molar-refractivity contribution is 5.54. The molecule has 2 aromatic rings. The van der Waals surface area contributed by atoms with Crippen LogP contribution in [0.5, 0.6) is 0 Å². The average Bonchev–Trinajstić information content (AvgIpc) is 3.01. The van der Waals surface area contributed by atoms with Crippen molar-refractivity contribution in [2.24, 2.45) is 0 Å². The zero-order valence-corrected chi connectivity index (χ0v) is 10.8. The van der Waals surface area contributed by atoms with Crippen molar-refractivity contribution in [1.82, 2.24) is 31.3 Å². The predicted octanol–water partition coefficient (Wildman–Crippen LogP) is 0.708. The molecule has 19 heavy (non-hydrogen) atoms. The molecule has 0 amide bonds. The van der Waals surface area contributed by atoms with Crippen LogP contribution in [0.2, 0.25) is 0 Å². The first kappa shape index (κ1) is 12.3. The van der Waals surface area contributed by atoms with Crippen molar-refractivity contribution in [2.45, 2.75) is 25.4 Å². The fraction of sp³-hybridized carbons (Fsp3) is 0.462. The Balaban J connectivity index is 1.63. The van der Waals surface area contributed by atoms with Gasteiger partial charge in [0, 0.05) is 24.7 Å². The molecule has 1 saturated heterocycles. The van der Waals surface area contributed by atoms with E-state index in [9.17, 15) is 0 Å². The molecule has 0 saturated carbocycles. The van der Waals surface area contributed by atoms with Crippen molar-refractivity contribution >= 4 is 0 Å². The van der Waals surface area contributed by atoms with Crippen LogP contribution < -0.4 is 10.6 Å². The molecule has 1 aliphatic rings. The van der Waals surface area contributed by atoms with Gasteiger partial charge >= 0.3 is 0 Å². The number of hydrogen-bond acceptors (Lipinski definition) is 5. The average molecular weight is 258 g/mol. The van der Waals surface area contributed by atoms with Gasteiger partial charge in [0.1, 0.15) is 0 Å². The third-order valence-electron chi connectivity index (χ3n) is 3.44. The fourth-order valence-corrected chi connectivity index (χ4v) is 2.40. The molecule has 6 heteroatoms. The van der Waals surface area contributed by atoms with Gasteiger partial charge in [-0.05, 0) is 41.4 Å². The lowest BCUT2D eigenvalue weighted by Gasteiger charge is -2.24. The SMILES string of the molecule is c1cc(CNC2CCCNC2)cc(-c2nnn[nH]2)c1. The summed E-state index contributed by atoms with van der Waals surface area (Å²) in [6.45, 7) is 3.08. The Hall–Kier alpha value is -1.79. The van der Waals surface area contributed by atoms with Crippen LogP contribution in [0, 0.1) is 0 Å². The summed E-state index contributed by atoms with van der Waals surface area (Å²) in [6, 6.07) is 8.86. The van der Waals surface area contributed by atoms with Gasteiger partial charge in [-0.3, -0.25) is 0 Å². The second-order valence-electron chi connectivity index (χ2n) is 4.87. The molecule has 1 aliphatic heterocycles. The zero-order valence-electron chi connectivity index (χ0n) is 10.8. The van der Waals surface area contributed by atoms with Gasteiger partial charge in [0.15, 0.2) is 5.82 Å². The van der Waals surface area contributed by atoms with E-state index in [1.165, 1.54) is 18.4 Å². The molecule has 0 aliphatic carbocycles. The second kappa shape index (κ2) is 5.90. The van der Waals surface area contributed by atoms with Gasteiger partial charge in [-0.2, -0.15) is 0 Å². The number of piperidine rings is 1. The number of benzene rings is 1. The molecule has 1 unspecified atom stereocenters. The lowest BCUT2D eigenvalue weighted by Crippen LogP contribution is -2.42. The van der Waals surface area contributed by atoms with Crippen LogP contribution in [0.3, 0.4) is 0 Å². The Labute approximate surface area is 112 Å². The first-order chi connectivity index (χ1) is 9.42. The van der Waals surface area contributed by atoms with Gasteiger partial charge in [0.2, 0.25) is 0 Å². The lowest BCUT2D eigenvalue weighted by molar-refractivity contribution is 0.389. The van der Waals surface area contributed by atoms with Crippen molar-refractivity contribution in [2.75, 3.05) is 13.1 Å². The van der Waals surface area contributed by atoms with Crippen LogP contribution in [-0.4, -0.2) is 39.8 Å². The molecule has 1 aromatic carbocycles. The van der Waals surface area contributed by atoms with E-state index < -0.39 is 0 Å². The minimum atomic E-state index is 0.573. The van der Waals surface area contributed by atoms with Crippen molar-refractivity contribution in [3.63, 3.8) is 0 Å². The van der Waals surface area contributed by atoms with Crippen LogP contribution in [0.4, 0.5) is 0 Å². The quantitative estimate of drug-likeness (QED) is 0.752. The monoisotopic (exact) mass is 258 g/mol. The number of aromatic nitrogens is 4. The summed E-state index contributed by atoms with van der Waals surface area (Å²) in [7, 11) is 0. The van der Waals surface area contributed by atoms with E-state index in [4.69, 9.17) is 0 Å². The summed E-state index contributed by atoms with van der Waals surface area (Å²) in [4.78, 5) is 0. The summed E-state index contributed by atoms with van der Waals surface area (Å²) in [5.74, 6) is 0.709. The van der Waals surface area contributed by atoms with E-state index in [0.717, 1.165) is 25.2 Å². The van der Waals surface area contributed by atoms with Gasteiger partial charge < -0.3 is 10.6 Å². The Morgan fingerprint density at radius 3 is 3.16 bits per heavy atom. The molecule has 0 bridgehead atoms.